The smallest absolute Gasteiger partial charge is 0.149 e. The molecule has 0 amide bonds. The molecular weight excluding hydrogens is 1050 g/mol. The molecule has 0 radical (unpaired) electrons. The molecule has 6 aromatic carbocycles. The van der Waals surface area contributed by atoms with E-state index < -0.39 is 0 Å². The van der Waals surface area contributed by atoms with E-state index in [1.807, 2.05) is 18.2 Å². The van der Waals surface area contributed by atoms with Crippen molar-refractivity contribution in [3.05, 3.63) is 143 Å². The van der Waals surface area contributed by atoms with E-state index in [4.69, 9.17) is 14.4 Å². The number of furan rings is 1. The van der Waals surface area contributed by atoms with E-state index in [0.29, 0.717) is 22.7 Å². The standard InChI is InChI=1S/C62H62N3O2S.Pt/c1-34(2)45-28-39(38-24-26-62(10,11)27-25-38)29-46(35(3)4)58(45)65-49-20-15-19-42(57(49)64-60(65)44-18-12-13-21-50(44)66)47-32-41(61(7,8)9)33-48(63-47)43-22-23-52-56-55-51(67-59(43)56)30-40(31-53(55)68-52)54-36(5)16-14-17-37(54)6;/h12-21,23,28-35,38,66H,24-27H2,1-11H3;/q-1;. The first kappa shape index (κ1) is 47.1. The largest absolute Gasteiger partial charge is 0.507 e. The second-order valence-corrected chi connectivity index (χ2v) is 23.3. The van der Waals surface area contributed by atoms with Crippen molar-refractivity contribution in [2.45, 2.75) is 125 Å². The maximum atomic E-state index is 11.6. The van der Waals surface area contributed by atoms with Crippen molar-refractivity contribution >= 4 is 53.7 Å². The molecule has 7 heteroatoms. The Morgan fingerprint density at radius 3 is 2.09 bits per heavy atom. The number of aromatic hydroxyl groups is 1. The van der Waals surface area contributed by atoms with Crippen molar-refractivity contribution < 1.29 is 30.6 Å². The quantitative estimate of drug-likeness (QED) is 0.154. The van der Waals surface area contributed by atoms with Gasteiger partial charge in [0.1, 0.15) is 17.2 Å². The molecule has 0 unspecified atom stereocenters. The second kappa shape index (κ2) is 17.4. The molecule has 1 fully saturated rings. The Labute approximate surface area is 425 Å². The van der Waals surface area contributed by atoms with Gasteiger partial charge in [-0.05, 0) is 165 Å². The number of thiophene rings is 1. The maximum absolute atomic E-state index is 11.6. The maximum Gasteiger partial charge on any atom is 0.149 e. The summed E-state index contributed by atoms with van der Waals surface area (Å²) in [6.45, 7) is 25.3. The number of fused-ring (bicyclic) bond motifs is 1. The van der Waals surface area contributed by atoms with Crippen molar-refractivity contribution in [1.82, 2.24) is 14.5 Å². The molecular formula is C62H62N3O2PtS-. The number of hydrogen-bond donors (Lipinski definition) is 1. The zero-order chi connectivity index (χ0) is 47.6. The average molecular weight is 1110 g/mol. The third-order valence-corrected chi connectivity index (χ3v) is 16.2. The molecule has 1 saturated carbocycles. The Kier molecular flexibility index (Phi) is 11.9. The number of benzene rings is 6. The summed E-state index contributed by atoms with van der Waals surface area (Å²) in [6.07, 6.45) is 4.91. The molecule has 69 heavy (non-hydrogen) atoms. The van der Waals surface area contributed by atoms with Crippen LogP contribution in [0.15, 0.2) is 108 Å². The first-order valence-electron chi connectivity index (χ1n) is 24.7. The van der Waals surface area contributed by atoms with Gasteiger partial charge in [0.05, 0.1) is 33.6 Å². The summed E-state index contributed by atoms with van der Waals surface area (Å²) in [5.74, 6) is 1.95. The fourth-order valence-electron chi connectivity index (χ4n) is 11.2. The van der Waals surface area contributed by atoms with Gasteiger partial charge in [0.2, 0.25) is 0 Å². The van der Waals surface area contributed by atoms with E-state index in [9.17, 15) is 5.11 Å². The third kappa shape index (κ3) is 8.04. The summed E-state index contributed by atoms with van der Waals surface area (Å²) in [5, 5.41) is 13.9. The van der Waals surface area contributed by atoms with Gasteiger partial charge >= 0.3 is 0 Å². The van der Waals surface area contributed by atoms with Crippen molar-refractivity contribution in [1.29, 1.82) is 0 Å². The van der Waals surface area contributed by atoms with Gasteiger partial charge in [-0.15, -0.1) is 12.1 Å². The normalized spacial score (nSPS) is 14.6. The van der Waals surface area contributed by atoms with Crippen molar-refractivity contribution in [2.24, 2.45) is 5.41 Å². The monoisotopic (exact) mass is 1110 g/mol. The molecule has 11 rings (SSSR count). The number of phenols is 1. The summed E-state index contributed by atoms with van der Waals surface area (Å²) >= 11 is 1.80. The van der Waals surface area contributed by atoms with Crippen LogP contribution in [0.1, 0.15) is 139 Å². The first-order valence-corrected chi connectivity index (χ1v) is 25.5. The molecule has 1 aliphatic carbocycles. The number of pyridine rings is 1. The van der Waals surface area contributed by atoms with Crippen molar-refractivity contribution in [3.8, 4) is 56.5 Å². The van der Waals surface area contributed by atoms with Crippen molar-refractivity contribution in [2.75, 3.05) is 0 Å². The van der Waals surface area contributed by atoms with E-state index in [1.165, 1.54) is 74.7 Å². The van der Waals surface area contributed by atoms with Gasteiger partial charge in [-0.2, -0.15) is 11.3 Å². The fraction of sp³-hybridized carbons (Fsp3) is 0.323. The number of nitrogens with zero attached hydrogens (tertiary/aromatic N) is 3. The van der Waals surface area contributed by atoms with Crippen LogP contribution in [-0.2, 0) is 26.5 Å². The summed E-state index contributed by atoms with van der Waals surface area (Å²) in [6, 6.07) is 40.4. The Bertz CT molecular complexity index is 3540. The van der Waals surface area contributed by atoms with Gasteiger partial charge < -0.3 is 9.52 Å². The molecule has 354 valence electrons. The van der Waals surface area contributed by atoms with E-state index in [2.05, 4.69) is 166 Å². The summed E-state index contributed by atoms with van der Waals surface area (Å²) < 4.78 is 11.7. The molecule has 0 atom stereocenters. The molecule has 0 bridgehead atoms. The van der Waals surface area contributed by atoms with Gasteiger partial charge in [-0.25, -0.2) is 4.98 Å². The number of aromatic nitrogens is 3. The molecule has 4 heterocycles. The average Bonchev–Trinajstić information content (AvgIpc) is 4.00. The number of para-hydroxylation sites is 2. The van der Waals surface area contributed by atoms with Crippen LogP contribution in [0.4, 0.5) is 0 Å². The molecule has 4 aromatic heterocycles. The Hall–Kier alpha value is -5.55. The number of aryl methyl sites for hydroxylation is 2. The van der Waals surface area contributed by atoms with Gasteiger partial charge in [-0.3, -0.25) is 9.55 Å². The van der Waals surface area contributed by atoms with Crippen LogP contribution in [-0.4, -0.2) is 19.6 Å². The second-order valence-electron chi connectivity index (χ2n) is 22.2. The van der Waals surface area contributed by atoms with E-state index in [0.717, 1.165) is 66.1 Å². The van der Waals surface area contributed by atoms with Gasteiger partial charge in [0.25, 0.3) is 0 Å². The van der Waals surface area contributed by atoms with Crippen LogP contribution in [0.2, 0.25) is 0 Å². The molecule has 1 aliphatic rings. The van der Waals surface area contributed by atoms with Crippen LogP contribution < -0.4 is 0 Å². The summed E-state index contributed by atoms with van der Waals surface area (Å²) in [4.78, 5) is 11.2. The minimum absolute atomic E-state index is 0. The molecule has 0 saturated heterocycles. The van der Waals surface area contributed by atoms with E-state index in [-0.39, 0.29) is 44.1 Å². The predicted molar refractivity (Wildman–Crippen MR) is 286 cm³/mol. The van der Waals surface area contributed by atoms with Crippen LogP contribution in [0.3, 0.4) is 0 Å². The molecule has 5 nitrogen and oxygen atoms in total. The van der Waals surface area contributed by atoms with Crippen molar-refractivity contribution in [3.63, 3.8) is 0 Å². The summed E-state index contributed by atoms with van der Waals surface area (Å²) in [5.41, 5.74) is 19.2. The zero-order valence-electron chi connectivity index (χ0n) is 41.8. The van der Waals surface area contributed by atoms with Crippen LogP contribution in [0, 0.1) is 25.3 Å². The molecule has 1 N–H and O–H groups in total. The third-order valence-electron chi connectivity index (χ3n) is 15.1. The fourth-order valence-corrected chi connectivity index (χ4v) is 12.3. The Balaban J connectivity index is 0.00000553. The Morgan fingerprint density at radius 2 is 1.42 bits per heavy atom. The van der Waals surface area contributed by atoms with Crippen LogP contribution in [0.5, 0.6) is 5.75 Å². The zero-order valence-corrected chi connectivity index (χ0v) is 44.9. The number of hydrogen-bond acceptors (Lipinski definition) is 5. The topological polar surface area (TPSA) is 64.1 Å². The van der Waals surface area contributed by atoms with Gasteiger partial charge in [-0.1, -0.05) is 129 Å². The van der Waals surface area contributed by atoms with Gasteiger partial charge in [0, 0.05) is 36.7 Å². The van der Waals surface area contributed by atoms with Gasteiger partial charge in [0.15, 0.2) is 0 Å². The summed E-state index contributed by atoms with van der Waals surface area (Å²) in [7, 11) is 0. The number of phenolic OH excluding ortho intramolecular Hbond substituents is 1. The van der Waals surface area contributed by atoms with Crippen LogP contribution >= 0.6 is 11.3 Å². The molecule has 0 aliphatic heterocycles. The minimum Gasteiger partial charge on any atom is -0.507 e. The SMILES string of the molecule is Cc1cccc(C)c1-c1cc2oc3c(-c4cc(C(C)(C)C)cc(-c5cccc6c5nc(-c5ccccc5O)n6-c5c(C(C)C)cc(C6CCC(C)(C)CC6)cc5C(C)C)n4)[c-]cc4sc(c1)c2c43.[Pt]. The van der Waals surface area contributed by atoms with E-state index in [1.54, 1.807) is 17.4 Å². The van der Waals surface area contributed by atoms with Crippen LogP contribution in [0.25, 0.3) is 93.1 Å². The Morgan fingerprint density at radius 1 is 0.768 bits per heavy atom. The number of imidazole rings is 1. The molecule has 0 spiro atoms. The first-order chi connectivity index (χ1) is 32.5. The minimum atomic E-state index is -0.195. The van der Waals surface area contributed by atoms with E-state index >= 15 is 0 Å². The number of rotatable bonds is 8. The predicted octanol–water partition coefficient (Wildman–Crippen LogP) is 18.0. The molecule has 10 aromatic rings.